The summed E-state index contributed by atoms with van der Waals surface area (Å²) in [6.07, 6.45) is 1.95. The van der Waals surface area contributed by atoms with E-state index in [0.29, 0.717) is 12.0 Å². The number of amides is 1. The van der Waals surface area contributed by atoms with Crippen LogP contribution in [0.3, 0.4) is 0 Å². The number of carbonyl (C=O) groups is 1. The Kier molecular flexibility index (Phi) is 5.84. The van der Waals surface area contributed by atoms with Gasteiger partial charge in [-0.1, -0.05) is 30.3 Å². The molecule has 3 nitrogen and oxygen atoms in total. The second-order valence-corrected chi connectivity index (χ2v) is 5.66. The van der Waals surface area contributed by atoms with Gasteiger partial charge in [0.15, 0.2) is 0 Å². The van der Waals surface area contributed by atoms with Crippen molar-refractivity contribution < 1.29 is 9.90 Å². The number of aliphatic hydroxyl groups is 1. The molecule has 4 heteroatoms. The SMILES string of the molecule is CSc1ccc(C(=O)NCC(O)Cc2ccccc2)cc1. The predicted molar refractivity (Wildman–Crippen MR) is 86.7 cm³/mol. The summed E-state index contributed by atoms with van der Waals surface area (Å²) in [7, 11) is 0. The first-order valence-electron chi connectivity index (χ1n) is 6.83. The maximum absolute atomic E-state index is 12.0. The highest BCUT2D eigenvalue weighted by Gasteiger charge is 2.09. The summed E-state index contributed by atoms with van der Waals surface area (Å²) in [6.45, 7) is 0.248. The van der Waals surface area contributed by atoms with E-state index in [1.807, 2.05) is 48.7 Å². The summed E-state index contributed by atoms with van der Waals surface area (Å²) in [5.74, 6) is -0.158. The summed E-state index contributed by atoms with van der Waals surface area (Å²) in [4.78, 5) is 13.1. The lowest BCUT2D eigenvalue weighted by Crippen LogP contribution is -2.33. The fourth-order valence-electron chi connectivity index (χ4n) is 2.01. The van der Waals surface area contributed by atoms with E-state index in [9.17, 15) is 9.90 Å². The van der Waals surface area contributed by atoms with Crippen LogP contribution in [0.1, 0.15) is 15.9 Å². The number of hydrogen-bond donors (Lipinski definition) is 2. The first kappa shape index (κ1) is 15.6. The molecule has 0 heterocycles. The van der Waals surface area contributed by atoms with Gasteiger partial charge in [0.2, 0.25) is 0 Å². The van der Waals surface area contributed by atoms with E-state index in [2.05, 4.69) is 5.32 Å². The third-order valence-corrected chi connectivity index (χ3v) is 3.91. The Morgan fingerprint density at radius 3 is 2.43 bits per heavy atom. The van der Waals surface area contributed by atoms with Crippen LogP contribution in [-0.2, 0) is 6.42 Å². The van der Waals surface area contributed by atoms with Gasteiger partial charge in [0.25, 0.3) is 5.91 Å². The molecule has 0 aromatic heterocycles. The first-order valence-corrected chi connectivity index (χ1v) is 8.06. The van der Waals surface area contributed by atoms with E-state index in [0.717, 1.165) is 10.5 Å². The van der Waals surface area contributed by atoms with Gasteiger partial charge in [-0.15, -0.1) is 11.8 Å². The Morgan fingerprint density at radius 1 is 1.14 bits per heavy atom. The molecule has 110 valence electrons. The molecule has 2 aromatic rings. The van der Waals surface area contributed by atoms with Gasteiger partial charge in [-0.05, 0) is 36.1 Å². The Hall–Kier alpha value is -1.78. The van der Waals surface area contributed by atoms with Crippen LogP contribution in [0.5, 0.6) is 0 Å². The molecule has 2 N–H and O–H groups in total. The van der Waals surface area contributed by atoms with Crippen molar-refractivity contribution in [2.24, 2.45) is 0 Å². The summed E-state index contributed by atoms with van der Waals surface area (Å²) in [5.41, 5.74) is 1.67. The minimum absolute atomic E-state index is 0.158. The van der Waals surface area contributed by atoms with Crippen LogP contribution < -0.4 is 5.32 Å². The second kappa shape index (κ2) is 7.86. The van der Waals surface area contributed by atoms with Crippen LogP contribution in [0.25, 0.3) is 0 Å². The van der Waals surface area contributed by atoms with Crippen LogP contribution in [0.4, 0.5) is 0 Å². The van der Waals surface area contributed by atoms with Gasteiger partial charge in [-0.3, -0.25) is 4.79 Å². The molecule has 2 aromatic carbocycles. The molecule has 21 heavy (non-hydrogen) atoms. The van der Waals surface area contributed by atoms with Crippen LogP contribution in [-0.4, -0.2) is 29.9 Å². The molecule has 0 saturated carbocycles. The molecule has 0 aliphatic heterocycles. The van der Waals surface area contributed by atoms with Crippen molar-refractivity contribution >= 4 is 17.7 Å². The Balaban J connectivity index is 1.82. The average Bonchev–Trinajstić information content (AvgIpc) is 2.53. The maximum Gasteiger partial charge on any atom is 0.251 e. The zero-order chi connectivity index (χ0) is 15.1. The molecule has 0 aliphatic rings. The highest BCUT2D eigenvalue weighted by Crippen LogP contribution is 2.14. The normalized spacial score (nSPS) is 11.9. The number of nitrogens with one attached hydrogen (secondary N) is 1. The van der Waals surface area contributed by atoms with Crippen molar-refractivity contribution in [2.75, 3.05) is 12.8 Å². The Morgan fingerprint density at radius 2 is 1.81 bits per heavy atom. The average molecular weight is 301 g/mol. The number of thioether (sulfide) groups is 1. The van der Waals surface area contributed by atoms with E-state index in [4.69, 9.17) is 0 Å². The summed E-state index contributed by atoms with van der Waals surface area (Å²) in [5, 5.41) is 12.7. The first-order chi connectivity index (χ1) is 10.2. The largest absolute Gasteiger partial charge is 0.391 e. The van der Waals surface area contributed by atoms with Crippen molar-refractivity contribution in [2.45, 2.75) is 17.4 Å². The molecule has 0 radical (unpaired) electrons. The summed E-state index contributed by atoms with van der Waals surface area (Å²) in [6, 6.07) is 17.2. The molecular formula is C17H19NO2S. The number of aliphatic hydroxyl groups excluding tert-OH is 1. The molecule has 0 spiro atoms. The zero-order valence-corrected chi connectivity index (χ0v) is 12.8. The number of benzene rings is 2. The van der Waals surface area contributed by atoms with E-state index in [1.54, 1.807) is 23.9 Å². The smallest absolute Gasteiger partial charge is 0.251 e. The zero-order valence-electron chi connectivity index (χ0n) is 12.0. The molecule has 0 fully saturated rings. The van der Waals surface area contributed by atoms with Crippen LogP contribution in [0, 0.1) is 0 Å². The van der Waals surface area contributed by atoms with Crippen molar-refractivity contribution in [1.29, 1.82) is 0 Å². The van der Waals surface area contributed by atoms with Crippen LogP contribution in [0.2, 0.25) is 0 Å². The maximum atomic E-state index is 12.0. The fraction of sp³-hybridized carbons (Fsp3) is 0.235. The number of rotatable bonds is 6. The van der Waals surface area contributed by atoms with Crippen molar-refractivity contribution in [1.82, 2.24) is 5.32 Å². The van der Waals surface area contributed by atoms with Crippen molar-refractivity contribution in [3.63, 3.8) is 0 Å². The lowest BCUT2D eigenvalue weighted by molar-refractivity contribution is 0.0916. The minimum atomic E-state index is -0.582. The lowest BCUT2D eigenvalue weighted by Gasteiger charge is -2.12. The van der Waals surface area contributed by atoms with Gasteiger partial charge >= 0.3 is 0 Å². The molecule has 1 amide bonds. The second-order valence-electron chi connectivity index (χ2n) is 4.78. The highest BCUT2D eigenvalue weighted by atomic mass is 32.2. The predicted octanol–water partition coefficient (Wildman–Crippen LogP) is 2.74. The van der Waals surface area contributed by atoms with Gasteiger partial charge in [-0.2, -0.15) is 0 Å². The Bertz CT molecular complexity index is 569. The monoisotopic (exact) mass is 301 g/mol. The number of carbonyl (C=O) groups excluding carboxylic acids is 1. The standard InChI is InChI=1S/C17H19NO2S/c1-21-16-9-7-14(8-10-16)17(20)18-12-15(19)11-13-5-3-2-4-6-13/h2-10,15,19H,11-12H2,1H3,(H,18,20). The third-order valence-electron chi connectivity index (χ3n) is 3.16. The van der Waals surface area contributed by atoms with Gasteiger partial charge < -0.3 is 10.4 Å². The summed E-state index contributed by atoms with van der Waals surface area (Å²) >= 11 is 1.64. The number of hydrogen-bond acceptors (Lipinski definition) is 3. The molecule has 0 bridgehead atoms. The van der Waals surface area contributed by atoms with Gasteiger partial charge in [0.05, 0.1) is 6.10 Å². The third kappa shape index (κ3) is 4.92. The topological polar surface area (TPSA) is 49.3 Å². The van der Waals surface area contributed by atoms with Crippen molar-refractivity contribution in [3.8, 4) is 0 Å². The molecular weight excluding hydrogens is 282 g/mol. The van der Waals surface area contributed by atoms with E-state index in [-0.39, 0.29) is 12.5 Å². The van der Waals surface area contributed by atoms with E-state index in [1.165, 1.54) is 0 Å². The lowest BCUT2D eigenvalue weighted by atomic mass is 10.1. The van der Waals surface area contributed by atoms with E-state index < -0.39 is 6.10 Å². The van der Waals surface area contributed by atoms with E-state index >= 15 is 0 Å². The quantitative estimate of drug-likeness (QED) is 0.807. The molecule has 0 saturated heterocycles. The molecule has 0 aliphatic carbocycles. The van der Waals surface area contributed by atoms with Gasteiger partial charge in [0, 0.05) is 23.4 Å². The Labute approximate surface area is 129 Å². The molecule has 2 rings (SSSR count). The molecule has 1 atom stereocenters. The van der Waals surface area contributed by atoms with Gasteiger partial charge in [0.1, 0.15) is 0 Å². The highest BCUT2D eigenvalue weighted by molar-refractivity contribution is 7.98. The van der Waals surface area contributed by atoms with Crippen molar-refractivity contribution in [3.05, 3.63) is 65.7 Å². The minimum Gasteiger partial charge on any atom is -0.391 e. The van der Waals surface area contributed by atoms with Gasteiger partial charge in [-0.25, -0.2) is 0 Å². The summed E-state index contributed by atoms with van der Waals surface area (Å²) < 4.78 is 0. The molecule has 1 unspecified atom stereocenters. The van der Waals surface area contributed by atoms with Crippen LogP contribution in [0.15, 0.2) is 59.5 Å². The van der Waals surface area contributed by atoms with Crippen LogP contribution >= 0.6 is 11.8 Å². The fourth-order valence-corrected chi connectivity index (χ4v) is 2.42.